The number of aryl methyl sites for hydroxylation is 1. The van der Waals surface area contributed by atoms with Gasteiger partial charge in [0.2, 0.25) is 11.8 Å². The highest BCUT2D eigenvalue weighted by Crippen LogP contribution is 2.33. The van der Waals surface area contributed by atoms with E-state index in [2.05, 4.69) is 20.7 Å². The zero-order valence-corrected chi connectivity index (χ0v) is 21.6. The van der Waals surface area contributed by atoms with Crippen LogP contribution in [0, 0.1) is 12.7 Å². The average Bonchev–Trinajstić information content (AvgIpc) is 3.31. The van der Waals surface area contributed by atoms with Crippen molar-refractivity contribution in [2.45, 2.75) is 46.1 Å². The molecule has 0 unspecified atom stereocenters. The molecular formula is C28H30FN5O3. The molecule has 2 amide bonds. The summed E-state index contributed by atoms with van der Waals surface area (Å²) >= 11 is 0. The van der Waals surface area contributed by atoms with Gasteiger partial charge in [-0.25, -0.2) is 4.39 Å². The summed E-state index contributed by atoms with van der Waals surface area (Å²) < 4.78 is 22.9. The fourth-order valence-electron chi connectivity index (χ4n) is 3.86. The second-order valence-corrected chi connectivity index (χ2v) is 9.89. The number of likely N-dealkylation sites (N-methyl/N-ethyl adjacent to an activating group) is 1. The maximum Gasteiger partial charge on any atom is 0.228 e. The van der Waals surface area contributed by atoms with Crippen LogP contribution in [0.5, 0.6) is 11.5 Å². The summed E-state index contributed by atoms with van der Waals surface area (Å²) in [7, 11) is 1.59. The minimum absolute atomic E-state index is 0.105. The molecule has 0 spiro atoms. The standard InChI is InChI=1S/C28H30FN5O3/c1-17-10-19(13-27(36)33-20-15-32-34(16-20)28(2,3)4)22(29)14-25(17)37-24-8-9-31-23-7-6-18(11-21(23)24)12-26(35)30-5/h6-11,14-16H,12-13H2,1-5H3,(H,30,35)(H,33,36). The van der Waals surface area contributed by atoms with Crippen molar-refractivity contribution in [3.8, 4) is 11.5 Å². The summed E-state index contributed by atoms with van der Waals surface area (Å²) in [6.45, 7) is 7.81. The fourth-order valence-corrected chi connectivity index (χ4v) is 3.86. The van der Waals surface area contributed by atoms with Crippen LogP contribution in [-0.2, 0) is 28.0 Å². The van der Waals surface area contributed by atoms with Crippen molar-refractivity contribution in [2.75, 3.05) is 12.4 Å². The average molecular weight is 504 g/mol. The molecule has 9 heteroatoms. The van der Waals surface area contributed by atoms with E-state index in [4.69, 9.17) is 4.74 Å². The van der Waals surface area contributed by atoms with E-state index in [-0.39, 0.29) is 35.8 Å². The van der Waals surface area contributed by atoms with Crippen LogP contribution in [-0.4, -0.2) is 33.6 Å². The highest BCUT2D eigenvalue weighted by atomic mass is 19.1. The molecule has 2 N–H and O–H groups in total. The summed E-state index contributed by atoms with van der Waals surface area (Å²) in [6, 6.07) is 10.1. The number of rotatable bonds is 7. The largest absolute Gasteiger partial charge is 0.456 e. The summed E-state index contributed by atoms with van der Waals surface area (Å²) in [5, 5.41) is 10.4. The van der Waals surface area contributed by atoms with Gasteiger partial charge in [-0.15, -0.1) is 0 Å². The predicted octanol–water partition coefficient (Wildman–Crippen LogP) is 4.90. The van der Waals surface area contributed by atoms with Crippen LogP contribution in [0.2, 0.25) is 0 Å². The zero-order chi connectivity index (χ0) is 26.7. The van der Waals surface area contributed by atoms with Crippen molar-refractivity contribution >= 4 is 28.4 Å². The van der Waals surface area contributed by atoms with E-state index in [9.17, 15) is 9.59 Å². The molecule has 2 aromatic carbocycles. The van der Waals surface area contributed by atoms with Crippen molar-refractivity contribution in [1.29, 1.82) is 0 Å². The first-order valence-corrected chi connectivity index (χ1v) is 11.9. The Balaban J connectivity index is 1.52. The van der Waals surface area contributed by atoms with Crippen LogP contribution in [0.3, 0.4) is 0 Å². The third kappa shape index (κ3) is 6.11. The van der Waals surface area contributed by atoms with Crippen LogP contribution in [0.15, 0.2) is 55.0 Å². The fraction of sp³-hybridized carbons (Fsp3) is 0.286. The monoisotopic (exact) mass is 503 g/mol. The van der Waals surface area contributed by atoms with Gasteiger partial charge in [0.1, 0.15) is 17.3 Å². The lowest BCUT2D eigenvalue weighted by Gasteiger charge is -2.18. The first-order valence-electron chi connectivity index (χ1n) is 11.9. The van der Waals surface area contributed by atoms with Gasteiger partial charge in [0.25, 0.3) is 0 Å². The van der Waals surface area contributed by atoms with Gasteiger partial charge in [0, 0.05) is 30.9 Å². The van der Waals surface area contributed by atoms with E-state index in [0.29, 0.717) is 33.7 Å². The molecule has 192 valence electrons. The molecule has 37 heavy (non-hydrogen) atoms. The van der Waals surface area contributed by atoms with Crippen molar-refractivity contribution in [2.24, 2.45) is 0 Å². The number of hydrogen-bond acceptors (Lipinski definition) is 5. The Morgan fingerprint density at radius 2 is 1.84 bits per heavy atom. The number of carbonyl (C=O) groups is 2. The summed E-state index contributed by atoms with van der Waals surface area (Å²) in [5.41, 5.74) is 2.78. The lowest BCUT2D eigenvalue weighted by Crippen LogP contribution is -2.22. The van der Waals surface area contributed by atoms with Gasteiger partial charge in [-0.1, -0.05) is 6.07 Å². The minimum atomic E-state index is -0.542. The number of anilines is 1. The summed E-state index contributed by atoms with van der Waals surface area (Å²) in [4.78, 5) is 28.7. The first kappa shape index (κ1) is 25.8. The van der Waals surface area contributed by atoms with E-state index < -0.39 is 5.82 Å². The summed E-state index contributed by atoms with van der Waals surface area (Å²) in [5.74, 6) is -0.166. The third-order valence-electron chi connectivity index (χ3n) is 5.88. The molecule has 0 radical (unpaired) electrons. The number of hydrogen-bond donors (Lipinski definition) is 2. The molecule has 8 nitrogen and oxygen atoms in total. The van der Waals surface area contributed by atoms with Crippen LogP contribution in [0.25, 0.3) is 10.9 Å². The number of amides is 2. The van der Waals surface area contributed by atoms with Crippen LogP contribution in [0.4, 0.5) is 10.1 Å². The van der Waals surface area contributed by atoms with Gasteiger partial charge in [-0.05, 0) is 68.7 Å². The van der Waals surface area contributed by atoms with Gasteiger partial charge >= 0.3 is 0 Å². The van der Waals surface area contributed by atoms with Crippen LogP contribution < -0.4 is 15.4 Å². The number of halogens is 1. The number of benzene rings is 2. The molecule has 4 aromatic rings. The normalized spacial score (nSPS) is 11.4. The molecule has 0 saturated heterocycles. The topological polar surface area (TPSA) is 98.1 Å². The molecule has 0 aliphatic rings. The number of pyridine rings is 1. The Morgan fingerprint density at radius 1 is 1.05 bits per heavy atom. The van der Waals surface area contributed by atoms with Gasteiger partial charge in [0.05, 0.1) is 35.8 Å². The van der Waals surface area contributed by atoms with E-state index in [1.54, 1.807) is 49.4 Å². The van der Waals surface area contributed by atoms with Gasteiger partial charge in [0.15, 0.2) is 0 Å². The highest BCUT2D eigenvalue weighted by Gasteiger charge is 2.17. The first-order chi connectivity index (χ1) is 17.5. The van der Waals surface area contributed by atoms with E-state index >= 15 is 4.39 Å². The Labute approximate surface area is 214 Å². The van der Waals surface area contributed by atoms with E-state index in [0.717, 1.165) is 5.56 Å². The quantitative estimate of drug-likeness (QED) is 0.374. The number of ether oxygens (including phenoxy) is 1. The smallest absolute Gasteiger partial charge is 0.228 e. The van der Waals surface area contributed by atoms with Crippen LogP contribution >= 0.6 is 0 Å². The number of nitrogens with zero attached hydrogens (tertiary/aromatic N) is 3. The van der Waals surface area contributed by atoms with Crippen molar-refractivity contribution < 1.29 is 18.7 Å². The number of carbonyl (C=O) groups excluding carboxylic acids is 2. The Morgan fingerprint density at radius 3 is 2.54 bits per heavy atom. The number of nitrogens with one attached hydrogen (secondary N) is 2. The molecule has 2 heterocycles. The SMILES string of the molecule is CNC(=O)Cc1ccc2nccc(Oc3cc(F)c(CC(=O)Nc4cnn(C(C)(C)C)c4)cc3C)c2c1. The molecule has 0 atom stereocenters. The van der Waals surface area contributed by atoms with Crippen molar-refractivity contribution in [3.63, 3.8) is 0 Å². The summed E-state index contributed by atoms with van der Waals surface area (Å²) in [6.07, 6.45) is 5.02. The lowest BCUT2D eigenvalue weighted by atomic mass is 10.1. The van der Waals surface area contributed by atoms with E-state index in [1.807, 2.05) is 39.0 Å². The number of fused-ring (bicyclic) bond motifs is 1. The molecule has 0 fully saturated rings. The van der Waals surface area contributed by atoms with Crippen molar-refractivity contribution in [1.82, 2.24) is 20.1 Å². The number of aromatic nitrogens is 3. The molecule has 0 aliphatic carbocycles. The highest BCUT2D eigenvalue weighted by molar-refractivity contribution is 5.92. The minimum Gasteiger partial charge on any atom is -0.456 e. The predicted molar refractivity (Wildman–Crippen MR) is 140 cm³/mol. The molecular weight excluding hydrogens is 473 g/mol. The molecule has 2 aromatic heterocycles. The maximum absolute atomic E-state index is 15.0. The van der Waals surface area contributed by atoms with Gasteiger partial charge < -0.3 is 15.4 Å². The second-order valence-electron chi connectivity index (χ2n) is 9.89. The Kier molecular flexibility index (Phi) is 7.24. The van der Waals surface area contributed by atoms with Gasteiger partial charge in [-0.2, -0.15) is 5.10 Å². The molecule has 0 aliphatic heterocycles. The lowest BCUT2D eigenvalue weighted by molar-refractivity contribution is -0.120. The van der Waals surface area contributed by atoms with E-state index in [1.165, 1.54) is 6.07 Å². The third-order valence-corrected chi connectivity index (χ3v) is 5.88. The Bertz CT molecular complexity index is 1470. The van der Waals surface area contributed by atoms with Gasteiger partial charge in [-0.3, -0.25) is 19.3 Å². The zero-order valence-electron chi connectivity index (χ0n) is 21.6. The molecule has 4 rings (SSSR count). The maximum atomic E-state index is 15.0. The second kappa shape index (κ2) is 10.4. The van der Waals surface area contributed by atoms with Crippen LogP contribution in [0.1, 0.15) is 37.5 Å². The molecule has 0 bridgehead atoms. The molecule has 0 saturated carbocycles. The van der Waals surface area contributed by atoms with Crippen molar-refractivity contribution in [3.05, 3.63) is 77.5 Å². The Hall–Kier alpha value is -4.27.